The fourth-order valence-electron chi connectivity index (χ4n) is 2.93. The second-order valence-corrected chi connectivity index (χ2v) is 5.82. The molecule has 4 atom stereocenters. The molecule has 1 saturated carbocycles. The predicted octanol–water partition coefficient (Wildman–Crippen LogP) is 3.68. The monoisotopic (exact) mass is 236 g/mol. The van der Waals surface area contributed by atoms with E-state index in [2.05, 4.69) is 38.7 Å². The number of nitriles is 1. The van der Waals surface area contributed by atoms with Crippen LogP contribution in [0.1, 0.15) is 53.4 Å². The fourth-order valence-corrected chi connectivity index (χ4v) is 2.93. The van der Waals surface area contributed by atoms with Gasteiger partial charge in [0.2, 0.25) is 0 Å². The Morgan fingerprint density at radius 2 is 2.06 bits per heavy atom. The third-order valence-electron chi connectivity index (χ3n) is 4.36. The van der Waals surface area contributed by atoms with Crippen LogP contribution in [-0.4, -0.2) is 24.0 Å². The first-order valence-electron chi connectivity index (χ1n) is 7.25. The average molecular weight is 236 g/mol. The summed E-state index contributed by atoms with van der Waals surface area (Å²) in [5, 5.41) is 9.31. The lowest BCUT2D eigenvalue weighted by Gasteiger charge is -2.40. The van der Waals surface area contributed by atoms with E-state index >= 15 is 0 Å². The highest BCUT2D eigenvalue weighted by Gasteiger charge is 2.32. The van der Waals surface area contributed by atoms with E-state index in [1.807, 2.05) is 0 Å². The van der Waals surface area contributed by atoms with Gasteiger partial charge in [0.25, 0.3) is 0 Å². The number of hydrogen-bond donors (Lipinski definition) is 0. The Bertz CT molecular complexity index is 256. The van der Waals surface area contributed by atoms with Crippen LogP contribution in [0.15, 0.2) is 0 Å². The second-order valence-electron chi connectivity index (χ2n) is 5.82. The molecule has 0 aromatic rings. The minimum Gasteiger partial charge on any atom is -0.299 e. The van der Waals surface area contributed by atoms with Gasteiger partial charge in [-0.25, -0.2) is 0 Å². The normalized spacial score (nSPS) is 31.2. The molecule has 0 spiro atoms. The molecule has 0 aliphatic heterocycles. The summed E-state index contributed by atoms with van der Waals surface area (Å²) < 4.78 is 0. The molecule has 17 heavy (non-hydrogen) atoms. The van der Waals surface area contributed by atoms with Crippen molar-refractivity contribution in [3.63, 3.8) is 0 Å². The van der Waals surface area contributed by atoms with Crippen LogP contribution >= 0.6 is 0 Å². The maximum absolute atomic E-state index is 9.31. The molecule has 1 aliphatic rings. The smallest absolute Gasteiger partial charge is 0.0672 e. The minimum atomic E-state index is 0.259. The van der Waals surface area contributed by atoms with Crippen LogP contribution in [0.25, 0.3) is 0 Å². The standard InChI is InChI=1S/C15H28N2/c1-5-12(3)11-17(6-2)15-9-13(4)7-8-14(15)10-16/h12-15H,5-9,11H2,1-4H3. The lowest BCUT2D eigenvalue weighted by Crippen LogP contribution is -2.45. The van der Waals surface area contributed by atoms with Crippen LogP contribution in [0, 0.1) is 29.1 Å². The summed E-state index contributed by atoms with van der Waals surface area (Å²) in [5.41, 5.74) is 0. The van der Waals surface area contributed by atoms with Crippen molar-refractivity contribution in [2.45, 2.75) is 59.4 Å². The van der Waals surface area contributed by atoms with Gasteiger partial charge in [0.1, 0.15) is 0 Å². The molecule has 0 heterocycles. The Kier molecular flexibility index (Phi) is 5.98. The van der Waals surface area contributed by atoms with E-state index in [9.17, 15) is 5.26 Å². The first kappa shape index (κ1) is 14.5. The molecule has 0 radical (unpaired) electrons. The zero-order valence-corrected chi connectivity index (χ0v) is 11.9. The van der Waals surface area contributed by atoms with E-state index in [-0.39, 0.29) is 5.92 Å². The Morgan fingerprint density at radius 1 is 1.35 bits per heavy atom. The molecule has 0 aromatic carbocycles. The third-order valence-corrected chi connectivity index (χ3v) is 4.36. The van der Waals surface area contributed by atoms with Crippen molar-refractivity contribution in [2.75, 3.05) is 13.1 Å². The highest BCUT2D eigenvalue weighted by Crippen LogP contribution is 2.32. The lowest BCUT2D eigenvalue weighted by molar-refractivity contribution is 0.0961. The van der Waals surface area contributed by atoms with Crippen molar-refractivity contribution in [3.05, 3.63) is 0 Å². The molecule has 1 rings (SSSR count). The zero-order chi connectivity index (χ0) is 12.8. The summed E-state index contributed by atoms with van der Waals surface area (Å²) in [6, 6.07) is 3.04. The minimum absolute atomic E-state index is 0.259. The second kappa shape index (κ2) is 7.01. The van der Waals surface area contributed by atoms with Gasteiger partial charge in [0.05, 0.1) is 12.0 Å². The van der Waals surface area contributed by atoms with Crippen LogP contribution < -0.4 is 0 Å². The maximum atomic E-state index is 9.31. The summed E-state index contributed by atoms with van der Waals surface area (Å²) in [5.74, 6) is 1.79. The van der Waals surface area contributed by atoms with Crippen LogP contribution in [0.2, 0.25) is 0 Å². The van der Waals surface area contributed by atoms with Crippen molar-refractivity contribution in [3.8, 4) is 6.07 Å². The molecule has 98 valence electrons. The topological polar surface area (TPSA) is 27.0 Å². The molecule has 0 bridgehead atoms. The van der Waals surface area contributed by atoms with Gasteiger partial charge in [-0.2, -0.15) is 5.26 Å². The molecule has 0 saturated heterocycles. The van der Waals surface area contributed by atoms with Gasteiger partial charge < -0.3 is 0 Å². The Labute approximate surface area is 107 Å². The number of nitrogens with zero attached hydrogens (tertiary/aromatic N) is 2. The van der Waals surface area contributed by atoms with Crippen LogP contribution in [0.5, 0.6) is 0 Å². The van der Waals surface area contributed by atoms with Gasteiger partial charge in [-0.15, -0.1) is 0 Å². The van der Waals surface area contributed by atoms with Gasteiger partial charge in [-0.05, 0) is 37.6 Å². The van der Waals surface area contributed by atoms with E-state index in [1.165, 1.54) is 19.3 Å². The zero-order valence-electron chi connectivity index (χ0n) is 11.9. The molecule has 2 heteroatoms. The van der Waals surface area contributed by atoms with E-state index in [1.54, 1.807) is 0 Å². The highest BCUT2D eigenvalue weighted by atomic mass is 15.2. The van der Waals surface area contributed by atoms with Crippen LogP contribution in [0.3, 0.4) is 0 Å². The van der Waals surface area contributed by atoms with E-state index in [0.29, 0.717) is 6.04 Å². The van der Waals surface area contributed by atoms with Crippen molar-refractivity contribution < 1.29 is 0 Å². The summed E-state index contributed by atoms with van der Waals surface area (Å²) >= 11 is 0. The van der Waals surface area contributed by atoms with Gasteiger partial charge in [-0.3, -0.25) is 4.90 Å². The maximum Gasteiger partial charge on any atom is 0.0672 e. The molecule has 4 unspecified atom stereocenters. The summed E-state index contributed by atoms with van der Waals surface area (Å²) in [4.78, 5) is 2.55. The number of rotatable bonds is 5. The molecular weight excluding hydrogens is 208 g/mol. The SMILES string of the molecule is CCC(C)CN(CC)C1CC(C)CCC1C#N. The van der Waals surface area contributed by atoms with Crippen molar-refractivity contribution in [1.29, 1.82) is 5.26 Å². The van der Waals surface area contributed by atoms with Gasteiger partial charge in [-0.1, -0.05) is 34.1 Å². The number of hydrogen-bond acceptors (Lipinski definition) is 2. The van der Waals surface area contributed by atoms with Crippen molar-refractivity contribution in [1.82, 2.24) is 4.90 Å². The first-order chi connectivity index (χ1) is 8.12. The quantitative estimate of drug-likeness (QED) is 0.728. The molecule has 1 fully saturated rings. The summed E-state index contributed by atoms with van der Waals surface area (Å²) in [6.07, 6.45) is 4.77. The molecule has 0 amide bonds. The summed E-state index contributed by atoms with van der Waals surface area (Å²) in [7, 11) is 0. The Hall–Kier alpha value is -0.550. The third kappa shape index (κ3) is 4.00. The molecular formula is C15H28N2. The van der Waals surface area contributed by atoms with Crippen LogP contribution in [-0.2, 0) is 0 Å². The van der Waals surface area contributed by atoms with Gasteiger partial charge in [0, 0.05) is 12.6 Å². The largest absolute Gasteiger partial charge is 0.299 e. The lowest BCUT2D eigenvalue weighted by atomic mass is 9.78. The highest BCUT2D eigenvalue weighted by molar-refractivity contribution is 4.97. The first-order valence-corrected chi connectivity index (χ1v) is 7.25. The van der Waals surface area contributed by atoms with E-state index in [4.69, 9.17) is 0 Å². The van der Waals surface area contributed by atoms with Crippen molar-refractivity contribution in [2.24, 2.45) is 17.8 Å². The van der Waals surface area contributed by atoms with E-state index in [0.717, 1.165) is 31.3 Å². The Morgan fingerprint density at radius 3 is 2.59 bits per heavy atom. The summed E-state index contributed by atoms with van der Waals surface area (Å²) in [6.45, 7) is 11.4. The fraction of sp³-hybridized carbons (Fsp3) is 0.933. The predicted molar refractivity (Wildman–Crippen MR) is 72.6 cm³/mol. The van der Waals surface area contributed by atoms with Gasteiger partial charge >= 0.3 is 0 Å². The Balaban J connectivity index is 2.66. The van der Waals surface area contributed by atoms with Gasteiger partial charge in [0.15, 0.2) is 0 Å². The molecule has 0 aromatic heterocycles. The molecule has 2 nitrogen and oxygen atoms in total. The van der Waals surface area contributed by atoms with Crippen LogP contribution in [0.4, 0.5) is 0 Å². The average Bonchev–Trinajstić information content (AvgIpc) is 2.35. The van der Waals surface area contributed by atoms with E-state index < -0.39 is 0 Å². The molecule has 0 N–H and O–H groups in total. The molecule has 1 aliphatic carbocycles. The van der Waals surface area contributed by atoms with Crippen molar-refractivity contribution >= 4 is 0 Å².